The Kier molecular flexibility index (Phi) is 7.92. The molecule has 4 nitrogen and oxygen atoms in total. The molecule has 0 atom stereocenters. The first-order valence-corrected chi connectivity index (χ1v) is 12.7. The minimum absolute atomic E-state index is 0.126. The molecule has 1 saturated carbocycles. The molecule has 0 bridgehead atoms. The number of carbonyl (C=O) groups is 2. The second kappa shape index (κ2) is 11.1. The second-order valence-electron chi connectivity index (χ2n) is 9.14. The maximum absolute atomic E-state index is 12.6. The molecule has 2 heterocycles. The Morgan fingerprint density at radius 2 is 2.00 bits per heavy atom. The summed E-state index contributed by atoms with van der Waals surface area (Å²) in [5, 5.41) is 8.74. The molecule has 1 aromatic heterocycles. The standard InChI is InChI=1S/C26H34N2O2S/c29-25(7-2-5-23-6-3-15-31-23)21-12-9-19(10-13-21)17-27-18-20-11-14-24-22(16-20)4-1-8-26(30)28-24/h3,6,11,14-16,19,21,27H,1-2,4-5,7-10,12-13,17-18H2,(H,28,30). The second-order valence-corrected chi connectivity index (χ2v) is 10.2. The number of hydrogen-bond donors (Lipinski definition) is 2. The van der Waals surface area contributed by atoms with Gasteiger partial charge in [-0.05, 0) is 92.5 Å². The monoisotopic (exact) mass is 438 g/mol. The molecule has 2 aromatic rings. The van der Waals surface area contributed by atoms with Gasteiger partial charge >= 0.3 is 0 Å². The third-order valence-electron chi connectivity index (χ3n) is 6.78. The Hall–Kier alpha value is -1.98. The summed E-state index contributed by atoms with van der Waals surface area (Å²) < 4.78 is 0. The van der Waals surface area contributed by atoms with Crippen molar-refractivity contribution >= 4 is 28.7 Å². The Labute approximate surface area is 189 Å². The van der Waals surface area contributed by atoms with E-state index in [0.29, 0.717) is 24.0 Å². The molecule has 4 rings (SSSR count). The van der Waals surface area contributed by atoms with Crippen LogP contribution in [0.3, 0.4) is 0 Å². The van der Waals surface area contributed by atoms with E-state index in [2.05, 4.69) is 40.3 Å². The lowest BCUT2D eigenvalue weighted by molar-refractivity contribution is -0.124. The summed E-state index contributed by atoms with van der Waals surface area (Å²) in [6.07, 6.45) is 9.70. The maximum atomic E-state index is 12.6. The molecule has 5 heteroatoms. The zero-order valence-electron chi connectivity index (χ0n) is 18.3. The van der Waals surface area contributed by atoms with Gasteiger partial charge in [0.2, 0.25) is 5.91 Å². The normalized spacial score (nSPS) is 21.2. The lowest BCUT2D eigenvalue weighted by Crippen LogP contribution is -2.28. The third kappa shape index (κ3) is 6.50. The average molecular weight is 439 g/mol. The van der Waals surface area contributed by atoms with Crippen LogP contribution in [-0.2, 0) is 29.0 Å². The third-order valence-corrected chi connectivity index (χ3v) is 7.72. The molecule has 0 unspecified atom stereocenters. The lowest BCUT2D eigenvalue weighted by atomic mass is 9.79. The highest BCUT2D eigenvalue weighted by Crippen LogP contribution is 2.30. The van der Waals surface area contributed by atoms with Crippen LogP contribution >= 0.6 is 11.3 Å². The quantitative estimate of drug-likeness (QED) is 0.543. The number of benzene rings is 1. The average Bonchev–Trinajstić information content (AvgIpc) is 3.22. The number of carbonyl (C=O) groups excluding carboxylic acids is 2. The Morgan fingerprint density at radius 3 is 2.81 bits per heavy atom. The summed E-state index contributed by atoms with van der Waals surface area (Å²) >= 11 is 1.79. The van der Waals surface area contributed by atoms with Gasteiger partial charge < -0.3 is 10.6 Å². The maximum Gasteiger partial charge on any atom is 0.224 e. The summed E-state index contributed by atoms with van der Waals surface area (Å²) in [6, 6.07) is 10.6. The number of aryl methyl sites for hydroxylation is 2. The lowest BCUT2D eigenvalue weighted by Gasteiger charge is -2.28. The topological polar surface area (TPSA) is 58.2 Å². The molecule has 2 aliphatic rings. The van der Waals surface area contributed by atoms with Crippen molar-refractivity contribution in [2.75, 3.05) is 11.9 Å². The number of hydrogen-bond acceptors (Lipinski definition) is 4. The van der Waals surface area contributed by atoms with Gasteiger partial charge in [0.1, 0.15) is 5.78 Å². The van der Waals surface area contributed by atoms with E-state index in [0.717, 1.165) is 76.6 Å². The highest BCUT2D eigenvalue weighted by atomic mass is 32.1. The Bertz CT molecular complexity index is 870. The van der Waals surface area contributed by atoms with E-state index >= 15 is 0 Å². The summed E-state index contributed by atoms with van der Waals surface area (Å²) in [5.41, 5.74) is 3.51. The van der Waals surface area contributed by atoms with Crippen molar-refractivity contribution in [3.63, 3.8) is 0 Å². The van der Waals surface area contributed by atoms with Crippen molar-refractivity contribution in [1.29, 1.82) is 0 Å². The molecule has 166 valence electrons. The van der Waals surface area contributed by atoms with E-state index in [1.807, 2.05) is 6.07 Å². The van der Waals surface area contributed by atoms with Crippen LogP contribution in [0.5, 0.6) is 0 Å². The molecule has 31 heavy (non-hydrogen) atoms. The van der Waals surface area contributed by atoms with E-state index in [-0.39, 0.29) is 5.91 Å². The number of anilines is 1. The van der Waals surface area contributed by atoms with Gasteiger partial charge in [-0.3, -0.25) is 9.59 Å². The number of fused-ring (bicyclic) bond motifs is 1. The fraction of sp³-hybridized carbons (Fsp3) is 0.538. The van der Waals surface area contributed by atoms with Gasteiger partial charge in [0.15, 0.2) is 0 Å². The van der Waals surface area contributed by atoms with E-state index in [4.69, 9.17) is 0 Å². The molecule has 1 aliphatic carbocycles. The summed E-state index contributed by atoms with van der Waals surface area (Å²) in [6.45, 7) is 1.88. The number of rotatable bonds is 9. The molecule has 1 aliphatic heterocycles. The van der Waals surface area contributed by atoms with Crippen LogP contribution in [0.15, 0.2) is 35.7 Å². The van der Waals surface area contributed by atoms with Crippen LogP contribution in [0.1, 0.15) is 67.4 Å². The number of ketones is 1. The smallest absolute Gasteiger partial charge is 0.224 e. The fourth-order valence-electron chi connectivity index (χ4n) is 4.94. The van der Waals surface area contributed by atoms with E-state index in [1.54, 1.807) is 11.3 Å². The first-order chi connectivity index (χ1) is 15.2. The van der Waals surface area contributed by atoms with Gasteiger partial charge in [-0.1, -0.05) is 18.2 Å². The molecule has 0 spiro atoms. The molecular weight excluding hydrogens is 404 g/mol. The van der Waals surface area contributed by atoms with Gasteiger partial charge in [-0.25, -0.2) is 0 Å². The van der Waals surface area contributed by atoms with Crippen molar-refractivity contribution in [1.82, 2.24) is 5.32 Å². The first-order valence-electron chi connectivity index (χ1n) is 11.8. The zero-order valence-corrected chi connectivity index (χ0v) is 19.1. The molecule has 1 fully saturated rings. The SMILES string of the molecule is O=C1CCCc2cc(CNCC3CCC(C(=O)CCCc4cccs4)CC3)ccc2N1. The van der Waals surface area contributed by atoms with Crippen molar-refractivity contribution in [2.45, 2.75) is 70.8 Å². The molecule has 0 radical (unpaired) electrons. The van der Waals surface area contributed by atoms with Crippen molar-refractivity contribution in [3.8, 4) is 0 Å². The van der Waals surface area contributed by atoms with Crippen LogP contribution < -0.4 is 10.6 Å². The van der Waals surface area contributed by atoms with E-state index in [9.17, 15) is 9.59 Å². The minimum atomic E-state index is 0.126. The van der Waals surface area contributed by atoms with Crippen molar-refractivity contribution in [2.24, 2.45) is 11.8 Å². The molecule has 1 amide bonds. The summed E-state index contributed by atoms with van der Waals surface area (Å²) in [7, 11) is 0. The zero-order chi connectivity index (χ0) is 21.5. The van der Waals surface area contributed by atoms with Crippen LogP contribution in [-0.4, -0.2) is 18.2 Å². The highest BCUT2D eigenvalue weighted by Gasteiger charge is 2.25. The van der Waals surface area contributed by atoms with Gasteiger partial charge in [-0.2, -0.15) is 0 Å². The summed E-state index contributed by atoms with van der Waals surface area (Å²) in [5.74, 6) is 1.58. The molecule has 0 saturated heterocycles. The molecule has 2 N–H and O–H groups in total. The number of Topliss-reactive ketones (excluding diaryl/α,β-unsaturated/α-hetero) is 1. The van der Waals surface area contributed by atoms with Crippen LogP contribution in [0.25, 0.3) is 0 Å². The van der Waals surface area contributed by atoms with E-state index < -0.39 is 0 Å². The first kappa shape index (κ1) is 22.2. The Balaban J connectivity index is 1.14. The number of thiophene rings is 1. The van der Waals surface area contributed by atoms with Gasteiger partial charge in [0, 0.05) is 35.9 Å². The fourth-order valence-corrected chi connectivity index (χ4v) is 5.69. The number of nitrogens with one attached hydrogen (secondary N) is 2. The van der Waals surface area contributed by atoms with Gasteiger partial charge in [-0.15, -0.1) is 11.3 Å². The minimum Gasteiger partial charge on any atom is -0.326 e. The van der Waals surface area contributed by atoms with Crippen LogP contribution in [0, 0.1) is 11.8 Å². The number of amides is 1. The molecule has 1 aromatic carbocycles. The van der Waals surface area contributed by atoms with E-state index in [1.165, 1.54) is 16.0 Å². The van der Waals surface area contributed by atoms with Crippen molar-refractivity contribution < 1.29 is 9.59 Å². The Morgan fingerprint density at radius 1 is 1.13 bits per heavy atom. The summed E-state index contributed by atoms with van der Waals surface area (Å²) in [4.78, 5) is 25.6. The largest absolute Gasteiger partial charge is 0.326 e. The van der Waals surface area contributed by atoms with Crippen molar-refractivity contribution in [3.05, 3.63) is 51.7 Å². The predicted molar refractivity (Wildman–Crippen MR) is 127 cm³/mol. The highest BCUT2D eigenvalue weighted by molar-refractivity contribution is 7.09. The van der Waals surface area contributed by atoms with Gasteiger partial charge in [0.25, 0.3) is 0 Å². The van der Waals surface area contributed by atoms with Gasteiger partial charge in [0.05, 0.1) is 0 Å². The predicted octanol–water partition coefficient (Wildman–Crippen LogP) is 5.51. The molecular formula is C26H34N2O2S. The van der Waals surface area contributed by atoms with Crippen LogP contribution in [0.4, 0.5) is 5.69 Å². The van der Waals surface area contributed by atoms with Crippen LogP contribution in [0.2, 0.25) is 0 Å².